The van der Waals surface area contributed by atoms with Crippen LogP contribution in [0.15, 0.2) is 0 Å². The number of rotatable bonds is 6. The van der Waals surface area contributed by atoms with E-state index in [1.807, 2.05) is 7.11 Å². The number of hydrogen-bond donors (Lipinski definition) is 1. The minimum atomic E-state index is 0.119. The molecule has 0 aromatic heterocycles. The van der Waals surface area contributed by atoms with E-state index in [9.17, 15) is 0 Å². The lowest BCUT2D eigenvalue weighted by atomic mass is 9.73. The summed E-state index contributed by atoms with van der Waals surface area (Å²) in [7, 11) is 1.97. The first-order chi connectivity index (χ1) is 9.82. The van der Waals surface area contributed by atoms with Crippen molar-refractivity contribution in [3.63, 3.8) is 0 Å². The van der Waals surface area contributed by atoms with Gasteiger partial charge in [0.15, 0.2) is 0 Å². The van der Waals surface area contributed by atoms with Crippen molar-refractivity contribution < 1.29 is 4.74 Å². The van der Waals surface area contributed by atoms with E-state index in [2.05, 4.69) is 12.2 Å². The lowest BCUT2D eigenvalue weighted by molar-refractivity contribution is -0.0719. The average molecular weight is 281 g/mol. The van der Waals surface area contributed by atoms with Crippen LogP contribution < -0.4 is 5.32 Å². The van der Waals surface area contributed by atoms with Crippen molar-refractivity contribution in [3.05, 3.63) is 0 Å². The average Bonchev–Trinajstić information content (AvgIpc) is 2.75. The summed E-state index contributed by atoms with van der Waals surface area (Å²) in [4.78, 5) is 0. The van der Waals surface area contributed by atoms with Crippen molar-refractivity contribution in [3.8, 4) is 0 Å². The van der Waals surface area contributed by atoms with Gasteiger partial charge in [0, 0.05) is 13.2 Å². The van der Waals surface area contributed by atoms with Gasteiger partial charge in [0.1, 0.15) is 0 Å². The molecule has 0 aromatic rings. The molecule has 2 aliphatic rings. The maximum Gasteiger partial charge on any atom is 0.0833 e. The molecule has 0 heterocycles. The normalized spacial score (nSPS) is 26.1. The largest absolute Gasteiger partial charge is 0.377 e. The highest BCUT2D eigenvalue weighted by Crippen LogP contribution is 2.39. The van der Waals surface area contributed by atoms with E-state index in [1.54, 1.807) is 0 Å². The molecule has 0 spiro atoms. The van der Waals surface area contributed by atoms with Gasteiger partial charge in [-0.15, -0.1) is 0 Å². The molecule has 2 saturated carbocycles. The zero-order valence-corrected chi connectivity index (χ0v) is 13.8. The second-order valence-electron chi connectivity index (χ2n) is 7.01. The molecule has 2 rings (SSSR count). The van der Waals surface area contributed by atoms with Gasteiger partial charge in [0.25, 0.3) is 0 Å². The van der Waals surface area contributed by atoms with Crippen molar-refractivity contribution in [1.29, 1.82) is 0 Å². The Kier molecular flexibility index (Phi) is 6.83. The molecule has 1 N–H and O–H groups in total. The summed E-state index contributed by atoms with van der Waals surface area (Å²) in [6.07, 6.45) is 16.4. The summed E-state index contributed by atoms with van der Waals surface area (Å²) < 4.78 is 6.21. The van der Waals surface area contributed by atoms with Gasteiger partial charge in [0.05, 0.1) is 5.60 Å². The Hall–Kier alpha value is -0.0800. The predicted molar refractivity (Wildman–Crippen MR) is 86.1 cm³/mol. The predicted octanol–water partition coefficient (Wildman–Crippen LogP) is 4.67. The van der Waals surface area contributed by atoms with Crippen LogP contribution in [0.25, 0.3) is 0 Å². The Bertz CT molecular complexity index is 252. The van der Waals surface area contributed by atoms with Crippen LogP contribution in [-0.4, -0.2) is 25.3 Å². The van der Waals surface area contributed by atoms with E-state index in [0.29, 0.717) is 6.04 Å². The second-order valence-corrected chi connectivity index (χ2v) is 7.01. The Balaban J connectivity index is 2.11. The third kappa shape index (κ3) is 3.98. The maximum absolute atomic E-state index is 6.21. The molecule has 2 aliphatic carbocycles. The first kappa shape index (κ1) is 16.3. The topological polar surface area (TPSA) is 21.3 Å². The lowest BCUT2D eigenvalue weighted by Crippen LogP contribution is -2.56. The van der Waals surface area contributed by atoms with Crippen LogP contribution in [0.5, 0.6) is 0 Å². The van der Waals surface area contributed by atoms with Gasteiger partial charge in [-0.3, -0.25) is 0 Å². The van der Waals surface area contributed by atoms with E-state index in [-0.39, 0.29) is 5.60 Å². The Morgan fingerprint density at radius 2 is 1.60 bits per heavy atom. The molecule has 0 aromatic carbocycles. The molecule has 2 heteroatoms. The van der Waals surface area contributed by atoms with E-state index in [1.165, 1.54) is 77.0 Å². The van der Waals surface area contributed by atoms with E-state index >= 15 is 0 Å². The highest BCUT2D eigenvalue weighted by Gasteiger charge is 2.42. The van der Waals surface area contributed by atoms with Crippen LogP contribution >= 0.6 is 0 Å². The molecule has 2 fully saturated rings. The fraction of sp³-hybridized carbons (Fsp3) is 1.00. The van der Waals surface area contributed by atoms with E-state index in [0.717, 1.165) is 12.5 Å². The highest BCUT2D eigenvalue weighted by atomic mass is 16.5. The molecule has 1 atom stereocenters. The van der Waals surface area contributed by atoms with Crippen LogP contribution in [0.3, 0.4) is 0 Å². The maximum atomic E-state index is 6.21. The van der Waals surface area contributed by atoms with Crippen molar-refractivity contribution in [2.75, 3.05) is 13.7 Å². The van der Waals surface area contributed by atoms with E-state index < -0.39 is 0 Å². The van der Waals surface area contributed by atoms with Gasteiger partial charge in [-0.2, -0.15) is 0 Å². The monoisotopic (exact) mass is 281 g/mol. The van der Waals surface area contributed by atoms with Crippen LogP contribution in [0.2, 0.25) is 0 Å². The Labute approximate surface area is 126 Å². The molecular formula is C18H35NO. The molecule has 2 nitrogen and oxygen atoms in total. The van der Waals surface area contributed by atoms with Crippen LogP contribution in [0, 0.1) is 5.92 Å². The molecule has 1 unspecified atom stereocenters. The van der Waals surface area contributed by atoms with Crippen LogP contribution in [-0.2, 0) is 4.74 Å². The van der Waals surface area contributed by atoms with Gasteiger partial charge in [-0.25, -0.2) is 0 Å². The lowest BCUT2D eigenvalue weighted by Gasteiger charge is -2.45. The van der Waals surface area contributed by atoms with Gasteiger partial charge < -0.3 is 10.1 Å². The summed E-state index contributed by atoms with van der Waals surface area (Å²) in [5, 5.41) is 3.90. The zero-order valence-electron chi connectivity index (χ0n) is 13.8. The number of hydrogen-bond acceptors (Lipinski definition) is 2. The second kappa shape index (κ2) is 8.38. The Morgan fingerprint density at radius 1 is 1.00 bits per heavy atom. The standard InChI is InChI=1S/C18H35NO/c1-3-15-19-17(16-11-7-6-8-12-16)18(20-2)13-9-4-5-10-14-18/h16-17,19H,3-15H2,1-2H3. The van der Waals surface area contributed by atoms with Gasteiger partial charge >= 0.3 is 0 Å². The van der Waals surface area contributed by atoms with Crippen molar-refractivity contribution in [2.45, 2.75) is 95.6 Å². The molecular weight excluding hydrogens is 246 g/mol. The highest BCUT2D eigenvalue weighted by molar-refractivity contribution is 4.98. The minimum Gasteiger partial charge on any atom is -0.377 e. The molecule has 0 bridgehead atoms. The fourth-order valence-corrected chi connectivity index (χ4v) is 4.52. The van der Waals surface area contributed by atoms with Gasteiger partial charge in [0.2, 0.25) is 0 Å². The van der Waals surface area contributed by atoms with E-state index in [4.69, 9.17) is 4.74 Å². The van der Waals surface area contributed by atoms with Crippen LogP contribution in [0.4, 0.5) is 0 Å². The first-order valence-corrected chi connectivity index (χ1v) is 9.11. The summed E-state index contributed by atoms with van der Waals surface area (Å²) in [5.74, 6) is 0.841. The third-order valence-electron chi connectivity index (χ3n) is 5.66. The molecule has 118 valence electrons. The molecule has 0 radical (unpaired) electrons. The number of nitrogens with one attached hydrogen (secondary N) is 1. The number of ether oxygens (including phenoxy) is 1. The molecule has 0 amide bonds. The van der Waals surface area contributed by atoms with Crippen molar-refractivity contribution in [2.24, 2.45) is 5.92 Å². The van der Waals surface area contributed by atoms with Gasteiger partial charge in [-0.05, 0) is 44.6 Å². The van der Waals surface area contributed by atoms with Crippen molar-refractivity contribution >= 4 is 0 Å². The summed E-state index contributed by atoms with van der Waals surface area (Å²) >= 11 is 0. The third-order valence-corrected chi connectivity index (χ3v) is 5.66. The smallest absolute Gasteiger partial charge is 0.0833 e. The number of methoxy groups -OCH3 is 1. The minimum absolute atomic E-state index is 0.119. The summed E-state index contributed by atoms with van der Waals surface area (Å²) in [6, 6.07) is 0.589. The molecule has 20 heavy (non-hydrogen) atoms. The summed E-state index contributed by atoms with van der Waals surface area (Å²) in [6.45, 7) is 3.42. The van der Waals surface area contributed by atoms with Gasteiger partial charge in [-0.1, -0.05) is 51.9 Å². The Morgan fingerprint density at radius 3 is 2.15 bits per heavy atom. The summed E-state index contributed by atoms with van der Waals surface area (Å²) in [5.41, 5.74) is 0.119. The van der Waals surface area contributed by atoms with Crippen molar-refractivity contribution in [1.82, 2.24) is 5.32 Å². The molecule has 0 saturated heterocycles. The SMILES string of the molecule is CCCNC(C1CCCCC1)C1(OC)CCCCCC1. The molecule has 0 aliphatic heterocycles. The van der Waals surface area contributed by atoms with Crippen LogP contribution in [0.1, 0.15) is 84.0 Å². The quantitative estimate of drug-likeness (QED) is 0.714. The fourth-order valence-electron chi connectivity index (χ4n) is 4.52. The first-order valence-electron chi connectivity index (χ1n) is 9.11. The zero-order chi connectivity index (χ0) is 14.3.